The molecule has 1 N–H and O–H groups in total. The Bertz CT molecular complexity index is 1030. The van der Waals surface area contributed by atoms with Gasteiger partial charge in [0, 0.05) is 5.02 Å². The molecular formula is C22H29ClN2O3S. The third kappa shape index (κ3) is 5.31. The van der Waals surface area contributed by atoms with Crippen LogP contribution in [0.5, 0.6) is 0 Å². The van der Waals surface area contributed by atoms with Crippen molar-refractivity contribution in [2.45, 2.75) is 53.6 Å². The van der Waals surface area contributed by atoms with Gasteiger partial charge in [0.15, 0.2) is 0 Å². The minimum absolute atomic E-state index is 0.258. The van der Waals surface area contributed by atoms with Crippen LogP contribution in [0.2, 0.25) is 5.02 Å². The molecule has 0 bridgehead atoms. The Morgan fingerprint density at radius 3 is 2.14 bits per heavy atom. The minimum atomic E-state index is -3.71. The molecule has 0 heterocycles. The number of anilines is 1. The van der Waals surface area contributed by atoms with Gasteiger partial charge in [-0.2, -0.15) is 0 Å². The predicted octanol–water partition coefficient (Wildman–Crippen LogP) is 4.61. The lowest BCUT2D eigenvalue weighted by Crippen LogP contribution is -2.48. The summed E-state index contributed by atoms with van der Waals surface area (Å²) in [5.74, 6) is -0.375. The molecule has 158 valence electrons. The van der Waals surface area contributed by atoms with E-state index in [0.29, 0.717) is 10.7 Å². The van der Waals surface area contributed by atoms with Crippen molar-refractivity contribution in [2.75, 3.05) is 10.6 Å². The van der Waals surface area contributed by atoms with Gasteiger partial charge in [-0.15, -0.1) is 0 Å². The maximum atomic E-state index is 13.0. The first kappa shape index (κ1) is 23.2. The van der Waals surface area contributed by atoms with E-state index in [-0.39, 0.29) is 11.9 Å². The standard InChI is InChI=1S/C22H29ClN2O3S/c1-13-8-9-19(23)12-21(13)25(29(7,27)28)18(6)22(26)24-17(5)20-11-15(3)14(2)10-16(20)4/h8-12,17-18H,1-7H3,(H,24,26)/t17-,18-/m0/s1. The van der Waals surface area contributed by atoms with Gasteiger partial charge in [-0.05, 0) is 81.5 Å². The number of benzene rings is 2. The van der Waals surface area contributed by atoms with Gasteiger partial charge in [0.2, 0.25) is 15.9 Å². The molecule has 5 nitrogen and oxygen atoms in total. The molecule has 0 aromatic heterocycles. The first-order valence-electron chi connectivity index (χ1n) is 9.46. The summed E-state index contributed by atoms with van der Waals surface area (Å²) >= 11 is 6.08. The number of nitrogens with zero attached hydrogens (tertiary/aromatic N) is 1. The van der Waals surface area contributed by atoms with Gasteiger partial charge < -0.3 is 5.32 Å². The highest BCUT2D eigenvalue weighted by Crippen LogP contribution is 2.29. The van der Waals surface area contributed by atoms with Crippen molar-refractivity contribution in [2.24, 2.45) is 0 Å². The van der Waals surface area contributed by atoms with Crippen LogP contribution in [0, 0.1) is 27.7 Å². The molecule has 2 aromatic carbocycles. The lowest BCUT2D eigenvalue weighted by molar-refractivity contribution is -0.122. The normalized spacial score (nSPS) is 13.7. The van der Waals surface area contributed by atoms with Gasteiger partial charge in [0.1, 0.15) is 6.04 Å². The van der Waals surface area contributed by atoms with Crippen molar-refractivity contribution in [1.82, 2.24) is 5.32 Å². The topological polar surface area (TPSA) is 66.5 Å². The van der Waals surface area contributed by atoms with Gasteiger partial charge in [0.05, 0.1) is 18.0 Å². The van der Waals surface area contributed by atoms with E-state index in [1.807, 2.05) is 20.8 Å². The summed E-state index contributed by atoms with van der Waals surface area (Å²) in [6.07, 6.45) is 1.09. The Balaban J connectivity index is 2.35. The fourth-order valence-electron chi connectivity index (χ4n) is 3.46. The van der Waals surface area contributed by atoms with Crippen LogP contribution < -0.4 is 9.62 Å². The second-order valence-corrected chi connectivity index (χ2v) is 9.98. The van der Waals surface area contributed by atoms with Crippen molar-refractivity contribution < 1.29 is 13.2 Å². The number of halogens is 1. The van der Waals surface area contributed by atoms with Crippen LogP contribution in [0.3, 0.4) is 0 Å². The van der Waals surface area contributed by atoms with Gasteiger partial charge in [0.25, 0.3) is 0 Å². The summed E-state index contributed by atoms with van der Waals surface area (Å²) in [5.41, 5.74) is 5.55. The van der Waals surface area contributed by atoms with Crippen LogP contribution in [0.25, 0.3) is 0 Å². The predicted molar refractivity (Wildman–Crippen MR) is 120 cm³/mol. The molecule has 0 unspecified atom stereocenters. The van der Waals surface area contributed by atoms with E-state index in [0.717, 1.165) is 32.8 Å². The Morgan fingerprint density at radius 2 is 1.55 bits per heavy atom. The maximum Gasteiger partial charge on any atom is 0.244 e. The molecule has 0 fully saturated rings. The summed E-state index contributed by atoms with van der Waals surface area (Å²) in [4.78, 5) is 13.0. The SMILES string of the molecule is Cc1cc(C)c([C@H](C)NC(=O)[C@H](C)N(c2cc(Cl)ccc2C)S(C)(=O)=O)cc1C. The quantitative estimate of drug-likeness (QED) is 0.719. The maximum absolute atomic E-state index is 13.0. The number of rotatable bonds is 6. The fraction of sp³-hybridized carbons (Fsp3) is 0.409. The zero-order valence-corrected chi connectivity index (χ0v) is 19.6. The van der Waals surface area contributed by atoms with Gasteiger partial charge in [-0.1, -0.05) is 29.8 Å². The van der Waals surface area contributed by atoms with E-state index < -0.39 is 16.1 Å². The van der Waals surface area contributed by atoms with Crippen molar-refractivity contribution in [3.63, 3.8) is 0 Å². The molecule has 0 spiro atoms. The molecule has 2 aromatic rings. The summed E-state index contributed by atoms with van der Waals surface area (Å²) in [7, 11) is -3.71. The minimum Gasteiger partial charge on any atom is -0.348 e. The molecule has 0 aliphatic rings. The Hall–Kier alpha value is -2.05. The van der Waals surface area contributed by atoms with Crippen molar-refractivity contribution in [1.29, 1.82) is 0 Å². The molecule has 0 aliphatic heterocycles. The van der Waals surface area contributed by atoms with E-state index in [1.165, 1.54) is 5.56 Å². The summed E-state index contributed by atoms with van der Waals surface area (Å²) in [5, 5.41) is 3.37. The first-order chi connectivity index (χ1) is 13.3. The molecule has 0 saturated carbocycles. The fourth-order valence-corrected chi connectivity index (χ4v) is 4.85. The van der Waals surface area contributed by atoms with Crippen molar-refractivity contribution in [3.8, 4) is 0 Å². The smallest absolute Gasteiger partial charge is 0.244 e. The molecule has 29 heavy (non-hydrogen) atoms. The zero-order valence-electron chi connectivity index (χ0n) is 18.0. The lowest BCUT2D eigenvalue weighted by atomic mass is 9.96. The number of carbonyl (C=O) groups is 1. The van der Waals surface area contributed by atoms with E-state index in [2.05, 4.69) is 24.4 Å². The van der Waals surface area contributed by atoms with Crippen LogP contribution in [0.1, 0.15) is 47.7 Å². The molecule has 1 amide bonds. The number of sulfonamides is 1. The Kier molecular flexibility index (Phi) is 7.01. The monoisotopic (exact) mass is 436 g/mol. The van der Waals surface area contributed by atoms with E-state index in [1.54, 1.807) is 32.0 Å². The number of hydrogen-bond acceptors (Lipinski definition) is 3. The van der Waals surface area contributed by atoms with Gasteiger partial charge in [-0.3, -0.25) is 9.10 Å². The molecule has 2 atom stereocenters. The molecule has 7 heteroatoms. The second-order valence-electron chi connectivity index (χ2n) is 7.69. The number of aryl methyl sites for hydroxylation is 4. The van der Waals surface area contributed by atoms with Gasteiger partial charge in [-0.25, -0.2) is 8.42 Å². The molecule has 0 aliphatic carbocycles. The largest absolute Gasteiger partial charge is 0.348 e. The summed E-state index contributed by atoms with van der Waals surface area (Å²) < 4.78 is 26.2. The molecular weight excluding hydrogens is 408 g/mol. The van der Waals surface area contributed by atoms with Crippen LogP contribution in [-0.4, -0.2) is 26.6 Å². The zero-order chi connectivity index (χ0) is 22.1. The van der Waals surface area contributed by atoms with Crippen LogP contribution in [0.4, 0.5) is 5.69 Å². The molecule has 0 radical (unpaired) electrons. The second kappa shape index (κ2) is 8.76. The number of carbonyl (C=O) groups excluding carboxylic acids is 1. The molecule has 0 saturated heterocycles. The highest BCUT2D eigenvalue weighted by molar-refractivity contribution is 7.92. The van der Waals surface area contributed by atoms with Crippen molar-refractivity contribution in [3.05, 3.63) is 63.2 Å². The third-order valence-corrected chi connectivity index (χ3v) is 6.67. The van der Waals surface area contributed by atoms with Crippen LogP contribution >= 0.6 is 11.6 Å². The van der Waals surface area contributed by atoms with E-state index in [9.17, 15) is 13.2 Å². The Morgan fingerprint density at radius 1 is 0.966 bits per heavy atom. The average Bonchev–Trinajstić information content (AvgIpc) is 2.59. The lowest BCUT2D eigenvalue weighted by Gasteiger charge is -2.30. The van der Waals surface area contributed by atoms with Crippen LogP contribution in [0.15, 0.2) is 30.3 Å². The van der Waals surface area contributed by atoms with Crippen LogP contribution in [-0.2, 0) is 14.8 Å². The first-order valence-corrected chi connectivity index (χ1v) is 11.7. The highest BCUT2D eigenvalue weighted by atomic mass is 35.5. The highest BCUT2D eigenvalue weighted by Gasteiger charge is 2.31. The van der Waals surface area contributed by atoms with E-state index in [4.69, 9.17) is 11.6 Å². The average molecular weight is 437 g/mol. The third-order valence-electron chi connectivity index (χ3n) is 5.20. The number of hydrogen-bond donors (Lipinski definition) is 1. The summed E-state index contributed by atoms with van der Waals surface area (Å²) in [6, 6.07) is 7.96. The number of amides is 1. The number of nitrogens with one attached hydrogen (secondary N) is 1. The van der Waals surface area contributed by atoms with E-state index >= 15 is 0 Å². The Labute approximate surface area is 179 Å². The van der Waals surface area contributed by atoms with Gasteiger partial charge >= 0.3 is 0 Å². The van der Waals surface area contributed by atoms with Crippen molar-refractivity contribution >= 4 is 33.2 Å². The summed E-state index contributed by atoms with van der Waals surface area (Å²) in [6.45, 7) is 11.4. The molecule has 2 rings (SSSR count).